The fourth-order valence-electron chi connectivity index (χ4n) is 3.17. The predicted molar refractivity (Wildman–Crippen MR) is 151 cm³/mol. The first-order valence-corrected chi connectivity index (χ1v) is 12.4. The van der Waals surface area contributed by atoms with E-state index in [4.69, 9.17) is 32.9 Å². The molecule has 2 heterocycles. The molecule has 2 aromatic carbocycles. The zero-order chi connectivity index (χ0) is 26.6. The Morgan fingerprint density at radius 3 is 1.46 bits per heavy atom. The van der Waals surface area contributed by atoms with Gasteiger partial charge in [-0.25, -0.2) is 0 Å². The fourth-order valence-corrected chi connectivity index (χ4v) is 3.39. The highest BCUT2D eigenvalue weighted by Crippen LogP contribution is 2.15. The molecular formula is C29H28Cl2N4O2. The lowest BCUT2D eigenvalue weighted by Crippen LogP contribution is -2.06. The van der Waals surface area contributed by atoms with Gasteiger partial charge in [-0.1, -0.05) is 93.2 Å². The van der Waals surface area contributed by atoms with Crippen LogP contribution >= 0.6 is 23.2 Å². The molecule has 4 aromatic rings. The highest BCUT2D eigenvalue weighted by atomic mass is 35.5. The Morgan fingerprint density at radius 1 is 0.676 bits per heavy atom. The average molecular weight is 535 g/mol. The molecule has 190 valence electrons. The van der Waals surface area contributed by atoms with E-state index in [2.05, 4.69) is 20.3 Å². The van der Waals surface area contributed by atoms with Gasteiger partial charge in [-0.05, 0) is 45.0 Å². The van der Waals surface area contributed by atoms with E-state index >= 15 is 0 Å². The first-order valence-electron chi connectivity index (χ1n) is 11.6. The quantitative estimate of drug-likeness (QED) is 0.184. The second-order valence-corrected chi connectivity index (χ2v) is 8.81. The molecule has 0 aliphatic carbocycles. The minimum Gasteiger partial charge on any atom is -0.399 e. The molecule has 0 atom stereocenters. The number of hydrogen-bond donors (Lipinski definition) is 0. The maximum atomic E-state index is 5.85. The molecule has 0 saturated heterocycles. The summed E-state index contributed by atoms with van der Waals surface area (Å²) in [7, 11) is 1.52. The summed E-state index contributed by atoms with van der Waals surface area (Å²) in [6.07, 6.45) is 3.20. The number of hydrogen-bond acceptors (Lipinski definition) is 6. The summed E-state index contributed by atoms with van der Waals surface area (Å²) in [6, 6.07) is 23.3. The van der Waals surface area contributed by atoms with E-state index in [1.807, 2.05) is 81.4 Å². The monoisotopic (exact) mass is 534 g/mol. The Hall–Kier alpha value is -3.74. The van der Waals surface area contributed by atoms with E-state index in [1.165, 1.54) is 18.2 Å². The van der Waals surface area contributed by atoms with Gasteiger partial charge in [-0.15, -0.1) is 0 Å². The molecule has 0 radical (unpaired) electrons. The third-order valence-corrected chi connectivity index (χ3v) is 5.50. The molecule has 0 amide bonds. The summed E-state index contributed by atoms with van der Waals surface area (Å²) >= 11 is 11.7. The molecule has 0 fully saturated rings. The minimum absolute atomic E-state index is 0.517. The molecule has 2 aromatic heterocycles. The van der Waals surface area contributed by atoms with Gasteiger partial charge >= 0.3 is 0 Å². The third-order valence-electron chi connectivity index (χ3n) is 5.06. The van der Waals surface area contributed by atoms with Crippen LogP contribution in [-0.4, -0.2) is 35.1 Å². The van der Waals surface area contributed by atoms with Crippen LogP contribution in [0.5, 0.6) is 0 Å². The van der Waals surface area contributed by atoms with Crippen molar-refractivity contribution in [1.29, 1.82) is 0 Å². The Bertz CT molecular complexity index is 1230. The van der Waals surface area contributed by atoms with Gasteiger partial charge in [0, 0.05) is 23.5 Å². The molecule has 0 saturated carbocycles. The van der Waals surface area contributed by atoms with Gasteiger partial charge in [0.2, 0.25) is 0 Å². The number of oxime groups is 2. The molecule has 6 nitrogen and oxygen atoms in total. The number of aromatic nitrogens is 2. The third kappa shape index (κ3) is 8.41. The summed E-state index contributed by atoms with van der Waals surface area (Å²) < 4.78 is 0. The van der Waals surface area contributed by atoms with Gasteiger partial charge < -0.3 is 9.68 Å². The zero-order valence-electron chi connectivity index (χ0n) is 21.2. The van der Waals surface area contributed by atoms with Gasteiger partial charge in [-0.2, -0.15) is 0 Å². The lowest BCUT2D eigenvalue weighted by Gasteiger charge is -2.06. The van der Waals surface area contributed by atoms with Crippen molar-refractivity contribution < 1.29 is 9.68 Å². The van der Waals surface area contributed by atoms with Gasteiger partial charge in [0.15, 0.2) is 0 Å². The lowest BCUT2D eigenvalue weighted by molar-refractivity contribution is 0.159. The maximum absolute atomic E-state index is 5.85. The standard InChI is InChI=1S/C15H15ClN2O.C14H13ClN2O/c1-3-19-18-15(12-6-4-11(2)5-7-12)14-9-8-13(16)10-17-14;1-10-3-5-11(6-4-10)14(17-18-2)13-8-7-12(15)9-16-13/h4-10H,3H2,1-2H3;3-9H,1-2H3/b18-15-;17-14-. The van der Waals surface area contributed by atoms with Crippen LogP contribution in [0.15, 0.2) is 95.5 Å². The number of rotatable bonds is 7. The van der Waals surface area contributed by atoms with E-state index < -0.39 is 0 Å². The van der Waals surface area contributed by atoms with Crippen LogP contribution in [0.2, 0.25) is 10.0 Å². The first kappa shape index (κ1) is 27.8. The van der Waals surface area contributed by atoms with Crippen LogP contribution < -0.4 is 0 Å². The summed E-state index contributed by atoms with van der Waals surface area (Å²) in [4.78, 5) is 18.6. The van der Waals surface area contributed by atoms with Crippen LogP contribution in [0.4, 0.5) is 0 Å². The largest absolute Gasteiger partial charge is 0.399 e. The van der Waals surface area contributed by atoms with Gasteiger partial charge in [0.1, 0.15) is 25.1 Å². The van der Waals surface area contributed by atoms with E-state index in [0.717, 1.165) is 22.5 Å². The SMILES string of the molecule is CCO/N=C(/c1ccc(C)cc1)c1ccc(Cl)cn1.CO/N=C(/c1ccc(C)cc1)c1ccc(Cl)cn1. The lowest BCUT2D eigenvalue weighted by atomic mass is 10.1. The van der Waals surface area contributed by atoms with E-state index in [0.29, 0.717) is 28.1 Å². The van der Waals surface area contributed by atoms with Crippen LogP contribution in [0.25, 0.3) is 0 Å². The topological polar surface area (TPSA) is 69.0 Å². The molecule has 0 spiro atoms. The van der Waals surface area contributed by atoms with Crippen molar-refractivity contribution in [3.63, 3.8) is 0 Å². The Morgan fingerprint density at radius 2 is 1.11 bits per heavy atom. The summed E-state index contributed by atoms with van der Waals surface area (Å²) in [5.74, 6) is 0. The number of aryl methyl sites for hydroxylation is 2. The summed E-state index contributed by atoms with van der Waals surface area (Å²) in [5.41, 5.74) is 7.17. The highest BCUT2D eigenvalue weighted by molar-refractivity contribution is 6.30. The fraction of sp³-hybridized carbons (Fsp3) is 0.172. The number of benzene rings is 2. The molecule has 0 aliphatic heterocycles. The van der Waals surface area contributed by atoms with Gasteiger partial charge in [0.05, 0.1) is 21.4 Å². The van der Waals surface area contributed by atoms with Crippen molar-refractivity contribution in [2.24, 2.45) is 10.3 Å². The molecule has 0 N–H and O–H groups in total. The van der Waals surface area contributed by atoms with Crippen molar-refractivity contribution in [3.05, 3.63) is 129 Å². The second kappa shape index (κ2) is 14.1. The number of pyridine rings is 2. The molecule has 4 rings (SSSR count). The van der Waals surface area contributed by atoms with Crippen LogP contribution in [-0.2, 0) is 9.68 Å². The molecular weight excluding hydrogens is 507 g/mol. The number of halogens is 2. The van der Waals surface area contributed by atoms with Crippen molar-refractivity contribution in [2.75, 3.05) is 13.7 Å². The van der Waals surface area contributed by atoms with Crippen LogP contribution in [0.1, 0.15) is 40.6 Å². The van der Waals surface area contributed by atoms with Crippen molar-refractivity contribution in [3.8, 4) is 0 Å². The van der Waals surface area contributed by atoms with Crippen molar-refractivity contribution in [1.82, 2.24) is 9.97 Å². The predicted octanol–water partition coefficient (Wildman–Crippen LogP) is 7.27. The molecule has 0 aliphatic rings. The van der Waals surface area contributed by atoms with Crippen molar-refractivity contribution >= 4 is 34.6 Å². The van der Waals surface area contributed by atoms with E-state index in [9.17, 15) is 0 Å². The smallest absolute Gasteiger partial charge is 0.135 e. The molecule has 0 unspecified atom stereocenters. The average Bonchev–Trinajstić information content (AvgIpc) is 2.91. The van der Waals surface area contributed by atoms with Crippen LogP contribution in [0, 0.1) is 13.8 Å². The highest BCUT2D eigenvalue weighted by Gasteiger charge is 2.10. The second-order valence-electron chi connectivity index (χ2n) is 7.94. The van der Waals surface area contributed by atoms with Gasteiger partial charge in [0.25, 0.3) is 0 Å². The van der Waals surface area contributed by atoms with Gasteiger partial charge in [-0.3, -0.25) is 9.97 Å². The van der Waals surface area contributed by atoms with Crippen molar-refractivity contribution in [2.45, 2.75) is 20.8 Å². The normalized spacial score (nSPS) is 11.4. The minimum atomic E-state index is 0.517. The molecule has 8 heteroatoms. The zero-order valence-corrected chi connectivity index (χ0v) is 22.7. The van der Waals surface area contributed by atoms with E-state index in [-0.39, 0.29) is 0 Å². The first-order chi connectivity index (χ1) is 17.9. The molecule has 0 bridgehead atoms. The Balaban J connectivity index is 0.000000206. The summed E-state index contributed by atoms with van der Waals surface area (Å²) in [5, 5.41) is 9.39. The Labute approximate surface area is 227 Å². The summed E-state index contributed by atoms with van der Waals surface area (Å²) in [6.45, 7) is 6.50. The van der Waals surface area contributed by atoms with E-state index in [1.54, 1.807) is 24.5 Å². The molecule has 37 heavy (non-hydrogen) atoms. The van der Waals surface area contributed by atoms with Crippen LogP contribution in [0.3, 0.4) is 0 Å². The maximum Gasteiger partial charge on any atom is 0.135 e. The number of nitrogens with zero attached hydrogens (tertiary/aromatic N) is 4. The Kier molecular flexibility index (Phi) is 10.6.